The Hall–Kier alpha value is -9.24. The van der Waals surface area contributed by atoms with Crippen LogP contribution in [0.15, 0.2) is 78.9 Å². The van der Waals surface area contributed by atoms with E-state index in [4.69, 9.17) is 63.1 Å². The molecule has 107 heavy (non-hydrogen) atoms. The van der Waals surface area contributed by atoms with Gasteiger partial charge in [0.05, 0.1) is 41.3 Å². The van der Waals surface area contributed by atoms with E-state index >= 15 is 19.2 Å². The van der Waals surface area contributed by atoms with Crippen LogP contribution in [0.4, 0.5) is 0 Å². The standard InChI is InChI=1S/C71H87Cl2N11O23/c1-28(2)17-39(76-5)63(95)82-54-56(90)31-10-13-43(37(72)19-31)103-45-21-33-22-46(60(45)107-70-61(59(93)58(92)47(27-85)105-70)106-49-26-71(4,75)62(94)29(3)102-49)104-44-14-11-32(20-38(44)73)57(91)55-69(101)81-53(65(97)77-15-8-16-84(6)7)36-23-34(86)24-42(88)50(36)35-18-30(9-12-41(35)87)51(66(98)83-55)80-67(99)52(33)79-64(96)40(25-48(74)89)78-68(54)100/h9-14,18-24,28-29,39-40,47,49,51-59,61-62,70,76,85-88,90-94H,8,15-17,25-27,75H2,1-7H3,(H2,74,89)(H,77,97)(H,78,100)(H,79,96)(H,80,99)(H,81,101)(H,82,95)(H,83,98)/t29-,39+,40-,47+,49-,51+,52+,53-,54+,55-,56+,57+,58+,59-,61+,62-,70-,71-/m0/s1. The number of hydrogen-bond acceptors (Lipinski definition) is 26. The number of benzene rings is 5. The fourth-order valence-corrected chi connectivity index (χ4v) is 13.7. The third-order valence-corrected chi connectivity index (χ3v) is 19.5. The number of aliphatic hydroxyl groups excluding tert-OH is 6. The Kier molecular flexibility index (Phi) is 25.1. The lowest BCUT2D eigenvalue weighted by molar-refractivity contribution is -0.333. The molecule has 578 valence electrons. The molecule has 11 bridgehead atoms. The van der Waals surface area contributed by atoms with Gasteiger partial charge in [-0.05, 0) is 143 Å². The zero-order chi connectivity index (χ0) is 77.9. The molecule has 34 nitrogen and oxygen atoms in total. The number of likely N-dealkylation sites (N-methyl/N-ethyl adjacent to an activating group) is 1. The monoisotopic (exact) mass is 1530 g/mol. The van der Waals surface area contributed by atoms with Crippen LogP contribution < -0.4 is 68.2 Å². The summed E-state index contributed by atoms with van der Waals surface area (Å²) in [6.45, 7) is 6.20. The summed E-state index contributed by atoms with van der Waals surface area (Å²) in [4.78, 5) is 121. The Labute approximate surface area is 622 Å². The highest BCUT2D eigenvalue weighted by atomic mass is 35.5. The molecule has 0 saturated carbocycles. The Balaban J connectivity index is 1.23. The number of fused-ring (bicyclic) bond motifs is 15. The van der Waals surface area contributed by atoms with E-state index in [1.165, 1.54) is 39.1 Å². The van der Waals surface area contributed by atoms with Crippen LogP contribution in [0.2, 0.25) is 10.0 Å². The van der Waals surface area contributed by atoms with Crippen molar-refractivity contribution in [1.29, 1.82) is 0 Å². The van der Waals surface area contributed by atoms with E-state index in [1.54, 1.807) is 14.1 Å². The number of amides is 8. The van der Waals surface area contributed by atoms with Crippen molar-refractivity contribution in [2.75, 3.05) is 40.8 Å². The number of halogens is 2. The summed E-state index contributed by atoms with van der Waals surface area (Å²) in [7, 11) is 5.07. The zero-order valence-corrected chi connectivity index (χ0v) is 60.5. The predicted octanol–water partition coefficient (Wildman–Crippen LogP) is 0.0895. The molecule has 7 aliphatic heterocycles. The van der Waals surface area contributed by atoms with Crippen LogP contribution in [0.25, 0.3) is 11.1 Å². The number of primary amides is 1. The van der Waals surface area contributed by atoms with Gasteiger partial charge in [-0.3, -0.25) is 38.4 Å². The molecule has 21 N–H and O–H groups in total. The number of phenolic OH excluding ortho intramolecular Hbond substituents is 3. The highest BCUT2D eigenvalue weighted by Gasteiger charge is 2.52. The van der Waals surface area contributed by atoms with E-state index in [9.17, 15) is 65.1 Å². The second-order valence-electron chi connectivity index (χ2n) is 27.8. The van der Waals surface area contributed by atoms with Gasteiger partial charge in [0.1, 0.15) is 95.5 Å². The minimum absolute atomic E-state index is 0.00856. The number of nitrogens with two attached hydrogens (primary N) is 2. The summed E-state index contributed by atoms with van der Waals surface area (Å²) < 4.78 is 38.6. The average molecular weight is 1530 g/mol. The molecule has 0 aromatic heterocycles. The first-order chi connectivity index (χ1) is 50.6. The first-order valence-electron chi connectivity index (χ1n) is 34.2. The molecule has 18 atom stereocenters. The number of aliphatic hydroxyl groups is 6. The minimum atomic E-state index is -2.33. The van der Waals surface area contributed by atoms with E-state index in [-0.39, 0.29) is 69.6 Å². The smallest absolute Gasteiger partial charge is 0.248 e. The summed E-state index contributed by atoms with van der Waals surface area (Å²) in [6.07, 6.45) is -18.1. The first-order valence-corrected chi connectivity index (χ1v) is 35.0. The van der Waals surface area contributed by atoms with Crippen molar-refractivity contribution < 1.29 is 113 Å². The first kappa shape index (κ1) is 80.3. The molecule has 8 amide bonds. The third-order valence-electron chi connectivity index (χ3n) is 18.9. The number of rotatable bonds is 17. The zero-order valence-electron chi connectivity index (χ0n) is 58.9. The number of hydrogen-bond donors (Lipinski definition) is 19. The van der Waals surface area contributed by atoms with Gasteiger partial charge in [-0.2, -0.15) is 0 Å². The van der Waals surface area contributed by atoms with E-state index in [1.807, 2.05) is 18.7 Å². The summed E-state index contributed by atoms with van der Waals surface area (Å²) in [5.74, 6) is -14.5. The quantitative estimate of drug-likeness (QED) is 0.0549. The third kappa shape index (κ3) is 18.0. The lowest BCUT2D eigenvalue weighted by atomic mass is 9.86. The molecular formula is C71H87Cl2N11O23. The van der Waals surface area contributed by atoms with Crippen molar-refractivity contribution in [3.05, 3.63) is 117 Å². The van der Waals surface area contributed by atoms with Crippen LogP contribution in [0.5, 0.6) is 46.0 Å². The maximum absolute atomic E-state index is 16.2. The molecule has 7 heterocycles. The summed E-state index contributed by atoms with van der Waals surface area (Å²) in [6, 6.07) is 0.511. The number of carbonyl (C=O) groups excluding carboxylic acids is 8. The van der Waals surface area contributed by atoms with Gasteiger partial charge >= 0.3 is 0 Å². The van der Waals surface area contributed by atoms with E-state index in [0.717, 1.165) is 60.7 Å². The van der Waals surface area contributed by atoms with Crippen LogP contribution in [0.3, 0.4) is 0 Å². The van der Waals surface area contributed by atoms with Crippen molar-refractivity contribution in [3.63, 3.8) is 0 Å². The van der Waals surface area contributed by atoms with Crippen molar-refractivity contribution in [2.24, 2.45) is 17.4 Å². The van der Waals surface area contributed by atoms with Gasteiger partial charge in [-0.15, -0.1) is 0 Å². The van der Waals surface area contributed by atoms with Crippen LogP contribution in [-0.2, 0) is 52.6 Å². The normalized spacial score (nSPS) is 28.5. The minimum Gasteiger partial charge on any atom is -0.508 e. The van der Waals surface area contributed by atoms with Gasteiger partial charge < -0.3 is 133 Å². The molecule has 2 saturated heterocycles. The summed E-state index contributed by atoms with van der Waals surface area (Å²) in [5.41, 5.74) is 8.67. The van der Waals surface area contributed by atoms with Crippen LogP contribution in [0.1, 0.15) is 112 Å². The maximum Gasteiger partial charge on any atom is 0.248 e. The number of ether oxygens (including phenoxy) is 6. The number of nitrogens with zero attached hydrogens (tertiary/aromatic N) is 1. The van der Waals surface area contributed by atoms with E-state index in [2.05, 4.69) is 42.5 Å². The molecule has 0 aliphatic carbocycles. The lowest BCUT2D eigenvalue weighted by Gasteiger charge is -2.47. The van der Waals surface area contributed by atoms with Crippen molar-refractivity contribution in [3.8, 4) is 57.1 Å². The number of phenols is 3. The number of aromatic hydroxyl groups is 3. The molecule has 2 fully saturated rings. The van der Waals surface area contributed by atoms with Crippen molar-refractivity contribution in [2.45, 2.75) is 163 Å². The van der Waals surface area contributed by atoms with E-state index < -0.39 is 220 Å². The van der Waals surface area contributed by atoms with Crippen molar-refractivity contribution >= 4 is 70.5 Å². The van der Waals surface area contributed by atoms with Gasteiger partial charge in [0, 0.05) is 35.7 Å². The van der Waals surface area contributed by atoms with Crippen LogP contribution in [-0.4, -0.2) is 218 Å². The molecule has 5 aromatic carbocycles. The molecule has 0 radical (unpaired) electrons. The molecule has 0 spiro atoms. The fourth-order valence-electron chi connectivity index (χ4n) is 13.2. The summed E-state index contributed by atoms with van der Waals surface area (Å²) >= 11 is 14.2. The Morgan fingerprint density at radius 1 is 0.729 bits per heavy atom. The number of nitrogens with one attached hydrogen (secondary N) is 8. The maximum atomic E-state index is 16.2. The Morgan fingerprint density at radius 3 is 1.94 bits per heavy atom. The second-order valence-corrected chi connectivity index (χ2v) is 28.6. The Bertz CT molecular complexity index is 4210. The molecule has 7 aliphatic rings. The van der Waals surface area contributed by atoms with Gasteiger partial charge in [0.2, 0.25) is 59.3 Å². The fraction of sp³-hybridized carbons (Fsp3) is 0.465. The molecule has 36 heteroatoms. The lowest BCUT2D eigenvalue weighted by Crippen LogP contribution is -2.64. The van der Waals surface area contributed by atoms with Gasteiger partial charge in [-0.1, -0.05) is 55.2 Å². The highest BCUT2D eigenvalue weighted by molar-refractivity contribution is 6.32. The van der Waals surface area contributed by atoms with Crippen molar-refractivity contribution in [1.82, 2.24) is 47.4 Å². The van der Waals surface area contributed by atoms with Crippen LogP contribution >= 0.6 is 23.2 Å². The molecule has 0 unspecified atom stereocenters. The molecule has 12 rings (SSSR count). The predicted molar refractivity (Wildman–Crippen MR) is 378 cm³/mol. The largest absolute Gasteiger partial charge is 0.508 e. The van der Waals surface area contributed by atoms with E-state index in [0.29, 0.717) is 13.0 Å². The highest BCUT2D eigenvalue weighted by Crippen LogP contribution is 2.50. The summed E-state index contributed by atoms with van der Waals surface area (Å²) in [5, 5.41) is 125. The van der Waals surface area contributed by atoms with Gasteiger partial charge in [0.25, 0.3) is 0 Å². The second kappa shape index (κ2) is 33.5. The Morgan fingerprint density at radius 2 is 1.35 bits per heavy atom. The van der Waals surface area contributed by atoms with Gasteiger partial charge in [-0.25, -0.2) is 0 Å². The average Bonchev–Trinajstić information content (AvgIpc) is 0.771. The topological polar surface area (TPSA) is 526 Å². The molecular weight excluding hydrogens is 1450 g/mol. The van der Waals surface area contributed by atoms with Gasteiger partial charge in [0.15, 0.2) is 23.9 Å². The SMILES string of the molecule is CN[C@H](CC(C)C)C(=O)N[C@H]1C(=O)N[C@@H](CC(N)=O)C(=O)N[C@H]2C(=O)N[C@H]3C(=O)N[C@H](C(=O)N[C@H](C(=O)NCCCN(C)C)c4cc(O)cc(O)c4-c4cc3ccc4O)[C@H](O)c3ccc(c(Cl)c3)Oc3cc2cc(c3O[C@@H]2O[C@H](CO)[C@@H](O)[C@H](O)[C@H]2O[C@H]2C[C@](C)(N)[C@@H](O)[C@H](C)O2)Oc2ccc(cc2Cl)[C@H]1O. The number of carbonyl (C=O) groups is 8. The molecule has 5 aromatic rings. The van der Waals surface area contributed by atoms with Crippen LogP contribution in [0, 0.1) is 5.92 Å².